The Hall–Kier alpha value is -2.14. The first-order chi connectivity index (χ1) is 9.06. The lowest BCUT2D eigenvalue weighted by Crippen LogP contribution is -2.21. The van der Waals surface area contributed by atoms with E-state index < -0.39 is 0 Å². The molecule has 1 aromatic carbocycles. The number of benzene rings is 1. The highest BCUT2D eigenvalue weighted by Crippen LogP contribution is 2.28. The van der Waals surface area contributed by atoms with Gasteiger partial charge in [0.25, 0.3) is 0 Å². The zero-order valence-electron chi connectivity index (χ0n) is 11.0. The van der Waals surface area contributed by atoms with Crippen LogP contribution in [0, 0.1) is 0 Å². The van der Waals surface area contributed by atoms with E-state index in [0.717, 1.165) is 12.1 Å². The summed E-state index contributed by atoms with van der Waals surface area (Å²) in [5.41, 5.74) is 1.67. The molecule has 1 aromatic heterocycles. The van der Waals surface area contributed by atoms with Gasteiger partial charge < -0.3 is 15.5 Å². The lowest BCUT2D eigenvalue weighted by Gasteiger charge is -2.08. The normalized spacial score (nSPS) is 10.9. The maximum absolute atomic E-state index is 9.45. The average Bonchev–Trinajstić information content (AvgIpc) is 2.40. The summed E-state index contributed by atoms with van der Waals surface area (Å²) in [4.78, 5) is 8.51. The van der Waals surface area contributed by atoms with Gasteiger partial charge in [0.2, 0.25) is 0 Å². The van der Waals surface area contributed by atoms with Crippen molar-refractivity contribution < 1.29 is 10.2 Å². The molecule has 0 radical (unpaired) electrons. The molecule has 1 heterocycles. The summed E-state index contributed by atoms with van der Waals surface area (Å²) in [5, 5.41) is 22.0. The quantitative estimate of drug-likeness (QED) is 0.732. The van der Waals surface area contributed by atoms with Crippen molar-refractivity contribution in [3.05, 3.63) is 36.2 Å². The van der Waals surface area contributed by atoms with Gasteiger partial charge in [-0.05, 0) is 18.2 Å². The zero-order valence-corrected chi connectivity index (χ0v) is 11.0. The third-order valence-corrected chi connectivity index (χ3v) is 2.65. The van der Waals surface area contributed by atoms with Gasteiger partial charge in [-0.1, -0.05) is 13.8 Å². The minimum Gasteiger partial charge on any atom is -0.504 e. The van der Waals surface area contributed by atoms with Gasteiger partial charge in [-0.3, -0.25) is 0 Å². The van der Waals surface area contributed by atoms with Crippen LogP contribution in [0.1, 0.15) is 19.4 Å². The van der Waals surface area contributed by atoms with E-state index in [2.05, 4.69) is 29.1 Å². The van der Waals surface area contributed by atoms with Crippen LogP contribution in [0.5, 0.6) is 11.5 Å². The molecule has 0 aliphatic carbocycles. The first-order valence-electron chi connectivity index (χ1n) is 6.13. The van der Waals surface area contributed by atoms with Gasteiger partial charge in [-0.2, -0.15) is 0 Å². The molecule has 0 saturated heterocycles. The predicted octanol–water partition coefficient (Wildman–Crippen LogP) is 2.05. The van der Waals surface area contributed by atoms with E-state index in [0.29, 0.717) is 17.4 Å². The second-order valence-electron chi connectivity index (χ2n) is 4.65. The Morgan fingerprint density at radius 1 is 1.11 bits per heavy atom. The second kappa shape index (κ2) is 5.67. The minimum absolute atomic E-state index is 0.151. The number of rotatable bonds is 4. The number of phenolic OH excluding ortho intramolecular Hbond substituents is 2. The van der Waals surface area contributed by atoms with Crippen LogP contribution in [0.25, 0.3) is 11.4 Å². The Bertz CT molecular complexity index is 553. The van der Waals surface area contributed by atoms with Crippen LogP contribution < -0.4 is 5.32 Å². The van der Waals surface area contributed by atoms with E-state index in [1.165, 1.54) is 12.1 Å². The highest BCUT2D eigenvalue weighted by molar-refractivity contribution is 5.60. The van der Waals surface area contributed by atoms with Gasteiger partial charge >= 0.3 is 0 Å². The molecule has 0 bridgehead atoms. The lowest BCUT2D eigenvalue weighted by atomic mass is 10.2. The number of hydrogen-bond acceptors (Lipinski definition) is 5. The summed E-state index contributed by atoms with van der Waals surface area (Å²) in [6.45, 7) is 4.88. The second-order valence-corrected chi connectivity index (χ2v) is 4.65. The highest BCUT2D eigenvalue weighted by Gasteiger charge is 2.05. The summed E-state index contributed by atoms with van der Waals surface area (Å²) in [5.74, 6) is 0.191. The molecular weight excluding hydrogens is 242 g/mol. The van der Waals surface area contributed by atoms with E-state index in [1.807, 2.05) is 0 Å². The van der Waals surface area contributed by atoms with Gasteiger partial charge in [0, 0.05) is 36.1 Å². The molecule has 3 N–H and O–H groups in total. The van der Waals surface area contributed by atoms with Crippen LogP contribution in [0.2, 0.25) is 0 Å². The van der Waals surface area contributed by atoms with Gasteiger partial charge in [0.15, 0.2) is 17.3 Å². The standard InChI is InChI=1S/C14H17N3O2/c1-9(2)15-6-10-7-16-14(17-8-10)11-3-4-12(18)13(19)5-11/h3-5,7-9,15,18-19H,6H2,1-2H3. The van der Waals surface area contributed by atoms with Crippen molar-refractivity contribution in [1.82, 2.24) is 15.3 Å². The highest BCUT2D eigenvalue weighted by atomic mass is 16.3. The number of nitrogens with one attached hydrogen (secondary N) is 1. The van der Waals surface area contributed by atoms with Crippen LogP contribution in [0.15, 0.2) is 30.6 Å². The number of hydrogen-bond donors (Lipinski definition) is 3. The van der Waals surface area contributed by atoms with Crippen LogP contribution >= 0.6 is 0 Å². The van der Waals surface area contributed by atoms with Crippen molar-refractivity contribution in [3.63, 3.8) is 0 Å². The Labute approximate surface area is 112 Å². The molecule has 19 heavy (non-hydrogen) atoms. The third-order valence-electron chi connectivity index (χ3n) is 2.65. The Balaban J connectivity index is 2.15. The van der Waals surface area contributed by atoms with Gasteiger partial charge in [-0.25, -0.2) is 9.97 Å². The number of aromatic nitrogens is 2. The molecule has 0 saturated carbocycles. The third kappa shape index (κ3) is 3.42. The molecule has 5 nitrogen and oxygen atoms in total. The van der Waals surface area contributed by atoms with Crippen molar-refractivity contribution in [3.8, 4) is 22.9 Å². The molecular formula is C14H17N3O2. The van der Waals surface area contributed by atoms with Crippen molar-refractivity contribution in [2.24, 2.45) is 0 Å². The molecule has 2 aromatic rings. The van der Waals surface area contributed by atoms with Gasteiger partial charge in [0.1, 0.15) is 0 Å². The molecule has 0 aliphatic heterocycles. The minimum atomic E-state index is -0.174. The van der Waals surface area contributed by atoms with E-state index in [-0.39, 0.29) is 11.5 Å². The topological polar surface area (TPSA) is 78.3 Å². The van der Waals surface area contributed by atoms with Gasteiger partial charge in [0.05, 0.1) is 0 Å². The molecule has 0 aliphatic rings. The van der Waals surface area contributed by atoms with Crippen molar-refractivity contribution in [2.45, 2.75) is 26.4 Å². The Morgan fingerprint density at radius 3 is 2.37 bits per heavy atom. The molecule has 5 heteroatoms. The van der Waals surface area contributed by atoms with Crippen LogP contribution in [0.3, 0.4) is 0 Å². The summed E-state index contributed by atoms with van der Waals surface area (Å²) < 4.78 is 0. The summed E-state index contributed by atoms with van der Waals surface area (Å²) >= 11 is 0. The first-order valence-corrected chi connectivity index (χ1v) is 6.13. The number of aromatic hydroxyl groups is 2. The molecule has 2 rings (SSSR count). The van der Waals surface area contributed by atoms with Crippen LogP contribution in [-0.2, 0) is 6.54 Å². The molecule has 0 fully saturated rings. The number of nitrogens with zero attached hydrogens (tertiary/aromatic N) is 2. The maximum Gasteiger partial charge on any atom is 0.159 e. The monoisotopic (exact) mass is 259 g/mol. The Kier molecular flexibility index (Phi) is 3.97. The molecule has 100 valence electrons. The smallest absolute Gasteiger partial charge is 0.159 e. The van der Waals surface area contributed by atoms with Crippen molar-refractivity contribution in [2.75, 3.05) is 0 Å². The molecule has 0 spiro atoms. The lowest BCUT2D eigenvalue weighted by molar-refractivity contribution is 0.404. The molecule has 0 amide bonds. The molecule has 0 atom stereocenters. The SMILES string of the molecule is CC(C)NCc1cnc(-c2ccc(O)c(O)c2)nc1. The zero-order chi connectivity index (χ0) is 13.8. The summed E-state index contributed by atoms with van der Waals surface area (Å²) in [6.07, 6.45) is 3.50. The first kappa shape index (κ1) is 13.3. The Morgan fingerprint density at radius 2 is 1.79 bits per heavy atom. The fourth-order valence-electron chi connectivity index (χ4n) is 1.58. The predicted molar refractivity (Wildman–Crippen MR) is 72.8 cm³/mol. The summed E-state index contributed by atoms with van der Waals surface area (Å²) in [7, 11) is 0. The van der Waals surface area contributed by atoms with E-state index in [4.69, 9.17) is 0 Å². The molecule has 0 unspecified atom stereocenters. The van der Waals surface area contributed by atoms with E-state index >= 15 is 0 Å². The maximum atomic E-state index is 9.45. The van der Waals surface area contributed by atoms with Crippen LogP contribution in [0.4, 0.5) is 0 Å². The van der Waals surface area contributed by atoms with E-state index in [1.54, 1.807) is 18.5 Å². The van der Waals surface area contributed by atoms with Gasteiger partial charge in [-0.15, -0.1) is 0 Å². The number of phenols is 2. The van der Waals surface area contributed by atoms with Crippen molar-refractivity contribution >= 4 is 0 Å². The van der Waals surface area contributed by atoms with Crippen molar-refractivity contribution in [1.29, 1.82) is 0 Å². The fraction of sp³-hybridized carbons (Fsp3) is 0.286. The van der Waals surface area contributed by atoms with Crippen LogP contribution in [-0.4, -0.2) is 26.2 Å². The summed E-state index contributed by atoms with van der Waals surface area (Å²) in [6, 6.07) is 4.93. The largest absolute Gasteiger partial charge is 0.504 e. The van der Waals surface area contributed by atoms with E-state index in [9.17, 15) is 10.2 Å². The average molecular weight is 259 g/mol. The fourth-order valence-corrected chi connectivity index (χ4v) is 1.58.